The Hall–Kier alpha value is -4.23. The third-order valence-corrected chi connectivity index (χ3v) is 8.80. The van der Waals surface area contributed by atoms with E-state index in [-0.39, 0.29) is 30.2 Å². The van der Waals surface area contributed by atoms with E-state index < -0.39 is 16.9 Å². The second-order valence-electron chi connectivity index (χ2n) is 10.4. The van der Waals surface area contributed by atoms with Crippen molar-refractivity contribution in [3.8, 4) is 5.75 Å². The number of nitrogens with one attached hydrogen (secondary N) is 2. The highest BCUT2D eigenvalue weighted by molar-refractivity contribution is 6.21. The number of benzene rings is 3. The molecule has 4 atom stereocenters. The standard InChI is InChI=1S/C31H27N3O4/c1-2-18-38-25-16-8-3-10-19(25)27(35)26-24-15-9-17-34(24)31(21-12-5-7-14-23(21)33-29(31)37)30(26)20-11-4-6-13-22(20)32-28(30)36/h2-8,10-14,16,24,26H,1,9,15,17-18H2,(H,32,36)(H,33,37)/t24-,26-,30+,31-/m1/s1. The van der Waals surface area contributed by atoms with E-state index in [1.54, 1.807) is 24.3 Å². The zero-order valence-corrected chi connectivity index (χ0v) is 20.8. The van der Waals surface area contributed by atoms with Crippen molar-refractivity contribution in [2.45, 2.75) is 29.8 Å². The highest BCUT2D eigenvalue weighted by Crippen LogP contribution is 2.67. The van der Waals surface area contributed by atoms with Crippen molar-refractivity contribution in [2.75, 3.05) is 23.8 Å². The van der Waals surface area contributed by atoms with Gasteiger partial charge < -0.3 is 15.4 Å². The molecule has 4 heterocycles. The van der Waals surface area contributed by atoms with E-state index in [4.69, 9.17) is 4.74 Å². The summed E-state index contributed by atoms with van der Waals surface area (Å²) >= 11 is 0. The van der Waals surface area contributed by atoms with Crippen molar-refractivity contribution >= 4 is 29.0 Å². The summed E-state index contributed by atoms with van der Waals surface area (Å²) in [5.41, 5.74) is 0.342. The maximum absolute atomic E-state index is 14.8. The highest BCUT2D eigenvalue weighted by Gasteiger charge is 2.81. The first-order valence-corrected chi connectivity index (χ1v) is 13.0. The topological polar surface area (TPSA) is 87.7 Å². The fourth-order valence-corrected chi connectivity index (χ4v) is 7.65. The molecule has 0 radical (unpaired) electrons. The van der Waals surface area contributed by atoms with Gasteiger partial charge in [0.1, 0.15) is 23.3 Å². The summed E-state index contributed by atoms with van der Waals surface area (Å²) < 4.78 is 5.89. The number of fused-ring (bicyclic) bond motifs is 7. The maximum Gasteiger partial charge on any atom is 0.251 e. The minimum absolute atomic E-state index is 0.192. The second-order valence-corrected chi connectivity index (χ2v) is 10.4. The number of nitrogens with zero attached hydrogens (tertiary/aromatic N) is 1. The Morgan fingerprint density at radius 3 is 2.39 bits per heavy atom. The van der Waals surface area contributed by atoms with Gasteiger partial charge in [-0.15, -0.1) is 0 Å². The number of amides is 2. The molecule has 2 N–H and O–H groups in total. The van der Waals surface area contributed by atoms with Crippen LogP contribution in [0.15, 0.2) is 85.5 Å². The Labute approximate surface area is 220 Å². The van der Waals surface area contributed by atoms with E-state index in [2.05, 4.69) is 22.1 Å². The molecule has 7 rings (SSSR count). The number of carbonyl (C=O) groups excluding carboxylic acids is 3. The summed E-state index contributed by atoms with van der Waals surface area (Å²) in [4.78, 5) is 45.8. The molecule has 7 nitrogen and oxygen atoms in total. The lowest BCUT2D eigenvalue weighted by Gasteiger charge is -2.43. The van der Waals surface area contributed by atoms with E-state index in [1.807, 2.05) is 54.6 Å². The molecule has 3 aromatic carbocycles. The number of ether oxygens (including phenoxy) is 1. The van der Waals surface area contributed by atoms with Crippen LogP contribution in [0.4, 0.5) is 11.4 Å². The van der Waals surface area contributed by atoms with Crippen molar-refractivity contribution in [3.63, 3.8) is 0 Å². The lowest BCUT2D eigenvalue weighted by molar-refractivity contribution is -0.137. The molecule has 0 aliphatic carbocycles. The first-order chi connectivity index (χ1) is 18.6. The Bertz CT molecular complexity index is 1530. The van der Waals surface area contributed by atoms with Crippen LogP contribution in [0.1, 0.15) is 34.3 Å². The molecule has 2 fully saturated rings. The second kappa shape index (κ2) is 8.13. The summed E-state index contributed by atoms with van der Waals surface area (Å²) in [6.45, 7) is 4.59. The van der Waals surface area contributed by atoms with E-state index >= 15 is 0 Å². The van der Waals surface area contributed by atoms with Gasteiger partial charge in [0.15, 0.2) is 5.78 Å². The summed E-state index contributed by atoms with van der Waals surface area (Å²) in [7, 11) is 0. The zero-order valence-electron chi connectivity index (χ0n) is 20.8. The van der Waals surface area contributed by atoms with Crippen LogP contribution in [0, 0.1) is 5.92 Å². The number of anilines is 2. The van der Waals surface area contributed by atoms with Crippen LogP contribution < -0.4 is 15.4 Å². The number of carbonyl (C=O) groups is 3. The number of para-hydroxylation sites is 3. The molecule has 0 bridgehead atoms. The van der Waals surface area contributed by atoms with Crippen LogP contribution in [0.3, 0.4) is 0 Å². The minimum Gasteiger partial charge on any atom is -0.489 e. The van der Waals surface area contributed by atoms with Crippen LogP contribution in [-0.4, -0.2) is 41.7 Å². The summed E-state index contributed by atoms with van der Waals surface area (Å²) in [6, 6.07) is 21.9. The smallest absolute Gasteiger partial charge is 0.251 e. The Kier molecular flexibility index (Phi) is 4.91. The van der Waals surface area contributed by atoms with Gasteiger partial charge in [0.2, 0.25) is 5.91 Å². The molecule has 2 saturated heterocycles. The first-order valence-electron chi connectivity index (χ1n) is 13.0. The molecule has 38 heavy (non-hydrogen) atoms. The van der Waals surface area contributed by atoms with E-state index in [0.717, 1.165) is 12.0 Å². The van der Waals surface area contributed by atoms with Crippen LogP contribution >= 0.6 is 0 Å². The Morgan fingerprint density at radius 2 is 1.61 bits per heavy atom. The van der Waals surface area contributed by atoms with E-state index in [9.17, 15) is 14.4 Å². The summed E-state index contributed by atoms with van der Waals surface area (Å²) in [6.07, 6.45) is 3.17. The highest BCUT2D eigenvalue weighted by atomic mass is 16.5. The number of rotatable bonds is 5. The summed E-state index contributed by atoms with van der Waals surface area (Å²) in [5, 5.41) is 6.14. The maximum atomic E-state index is 14.8. The zero-order chi connectivity index (χ0) is 26.1. The van der Waals surface area contributed by atoms with Crippen molar-refractivity contribution in [3.05, 3.63) is 102 Å². The fourth-order valence-electron chi connectivity index (χ4n) is 7.65. The van der Waals surface area contributed by atoms with Crippen LogP contribution in [0.2, 0.25) is 0 Å². The SMILES string of the molecule is C=CCOc1ccccc1C(=O)[C@H]1[C@H]2CCCN2[C@]2(C(=O)Nc3ccccc32)[C@]12C(=O)Nc1ccccc12. The van der Waals surface area contributed by atoms with Crippen molar-refractivity contribution in [2.24, 2.45) is 5.92 Å². The van der Waals surface area contributed by atoms with E-state index in [0.29, 0.717) is 41.2 Å². The molecule has 4 aliphatic heterocycles. The Balaban J connectivity index is 1.55. The molecular weight excluding hydrogens is 478 g/mol. The molecule has 190 valence electrons. The lowest BCUT2D eigenvalue weighted by Crippen LogP contribution is -2.62. The van der Waals surface area contributed by atoms with Crippen LogP contribution in [0.5, 0.6) is 5.75 Å². The molecule has 2 spiro atoms. The molecule has 4 aliphatic rings. The molecule has 0 unspecified atom stereocenters. The van der Waals surface area contributed by atoms with Gasteiger partial charge >= 0.3 is 0 Å². The number of ketones is 1. The van der Waals surface area contributed by atoms with Gasteiger partial charge in [-0.2, -0.15) is 0 Å². The molecule has 2 amide bonds. The molecule has 7 heteroatoms. The fraction of sp³-hybridized carbons (Fsp3) is 0.258. The normalized spacial score (nSPS) is 28.6. The molecular formula is C31H27N3O4. The average molecular weight is 506 g/mol. The number of Topliss-reactive ketones (excluding diaryl/α,β-unsaturated/α-hetero) is 1. The predicted molar refractivity (Wildman–Crippen MR) is 143 cm³/mol. The predicted octanol–water partition coefficient (Wildman–Crippen LogP) is 4.27. The van der Waals surface area contributed by atoms with Crippen molar-refractivity contribution in [1.29, 1.82) is 0 Å². The van der Waals surface area contributed by atoms with Crippen molar-refractivity contribution in [1.82, 2.24) is 4.90 Å². The molecule has 3 aromatic rings. The lowest BCUT2D eigenvalue weighted by atomic mass is 9.57. The van der Waals surface area contributed by atoms with Gasteiger partial charge in [-0.05, 0) is 49.2 Å². The van der Waals surface area contributed by atoms with Gasteiger partial charge in [0.05, 0.1) is 11.5 Å². The largest absolute Gasteiger partial charge is 0.489 e. The van der Waals surface area contributed by atoms with Crippen molar-refractivity contribution < 1.29 is 19.1 Å². The number of hydrogen-bond donors (Lipinski definition) is 2. The van der Waals surface area contributed by atoms with E-state index in [1.165, 1.54) is 0 Å². The number of hydrogen-bond acceptors (Lipinski definition) is 5. The monoisotopic (exact) mass is 505 g/mol. The van der Waals surface area contributed by atoms with Gasteiger partial charge in [-0.25, -0.2) is 0 Å². The van der Waals surface area contributed by atoms with Gasteiger partial charge in [-0.1, -0.05) is 61.2 Å². The molecule has 0 aromatic heterocycles. The Morgan fingerprint density at radius 1 is 0.947 bits per heavy atom. The van der Waals surface area contributed by atoms with Gasteiger partial charge in [0.25, 0.3) is 5.91 Å². The first kappa shape index (κ1) is 22.9. The summed E-state index contributed by atoms with van der Waals surface area (Å²) in [5.74, 6) is -1.13. The van der Waals surface area contributed by atoms with Gasteiger partial charge in [0, 0.05) is 23.0 Å². The average Bonchev–Trinajstić information content (AvgIpc) is 3.66. The van der Waals surface area contributed by atoms with Gasteiger partial charge in [-0.3, -0.25) is 19.3 Å². The van der Waals surface area contributed by atoms with Crippen LogP contribution in [0.25, 0.3) is 0 Å². The minimum atomic E-state index is -1.46. The molecule has 0 saturated carbocycles. The quantitative estimate of drug-likeness (QED) is 0.400. The van der Waals surface area contributed by atoms with Crippen LogP contribution in [-0.2, 0) is 20.5 Å². The third kappa shape index (κ3) is 2.59. The third-order valence-electron chi connectivity index (χ3n) is 8.80.